The number of nitrogens with zero attached hydrogens (tertiary/aromatic N) is 1. The fourth-order valence-electron chi connectivity index (χ4n) is 2.95. The first-order chi connectivity index (χ1) is 8.74. The number of hydrogen-bond acceptors (Lipinski definition) is 3. The molecule has 2 aliphatic rings. The maximum absolute atomic E-state index is 13.6. The van der Waals surface area contributed by atoms with E-state index in [1.165, 1.54) is 0 Å². The number of amides is 1. The molecule has 0 spiro atoms. The molecule has 18 heavy (non-hydrogen) atoms. The highest BCUT2D eigenvalue weighted by Gasteiger charge is 2.49. The number of carbonyl (C=O) groups excluding carboxylic acids is 1. The van der Waals surface area contributed by atoms with Crippen LogP contribution in [0, 0.1) is 5.92 Å². The summed E-state index contributed by atoms with van der Waals surface area (Å²) in [5.41, 5.74) is 0.950. The van der Waals surface area contributed by atoms with Gasteiger partial charge in [-0.3, -0.25) is 9.78 Å². The number of fused-ring (bicyclic) bond motifs is 2. The number of halogens is 1. The molecule has 1 aromatic rings. The molecule has 2 unspecified atom stereocenters. The van der Waals surface area contributed by atoms with Crippen molar-refractivity contribution in [2.24, 2.45) is 5.92 Å². The second kappa shape index (κ2) is 4.65. The van der Waals surface area contributed by atoms with Crippen LogP contribution in [0.3, 0.4) is 0 Å². The Morgan fingerprint density at radius 1 is 1.56 bits per heavy atom. The Morgan fingerprint density at radius 2 is 2.44 bits per heavy atom. The van der Waals surface area contributed by atoms with Gasteiger partial charge in [-0.15, -0.1) is 0 Å². The van der Waals surface area contributed by atoms with Crippen molar-refractivity contribution >= 4 is 5.91 Å². The van der Waals surface area contributed by atoms with Gasteiger partial charge in [-0.25, -0.2) is 4.39 Å². The van der Waals surface area contributed by atoms with Crippen LogP contribution in [0.5, 0.6) is 0 Å². The number of hydrogen-bond donors (Lipinski definition) is 2. The minimum absolute atomic E-state index is 0.103. The summed E-state index contributed by atoms with van der Waals surface area (Å²) >= 11 is 0. The summed E-state index contributed by atoms with van der Waals surface area (Å²) in [5.74, 6) is -0.252. The van der Waals surface area contributed by atoms with Crippen LogP contribution in [0.15, 0.2) is 24.5 Å². The van der Waals surface area contributed by atoms with Gasteiger partial charge in [-0.05, 0) is 24.5 Å². The Balaban J connectivity index is 1.56. The van der Waals surface area contributed by atoms with Gasteiger partial charge in [0.25, 0.3) is 0 Å². The number of pyridine rings is 1. The highest BCUT2D eigenvalue weighted by Crippen LogP contribution is 2.37. The molecule has 4 nitrogen and oxygen atoms in total. The van der Waals surface area contributed by atoms with Crippen LogP contribution in [0.2, 0.25) is 0 Å². The molecule has 3 rings (SSSR count). The number of carbonyl (C=O) groups is 1. The molecule has 4 atom stereocenters. The Bertz CT molecular complexity index is 439. The fraction of sp³-hybridized carbons (Fsp3) is 0.538. The SMILES string of the molecule is O=C(NCc1cccnc1)[C@@H]1NC2CC1[C@H](F)C2. The first kappa shape index (κ1) is 11.6. The van der Waals surface area contributed by atoms with E-state index in [0.717, 1.165) is 12.0 Å². The first-order valence-electron chi connectivity index (χ1n) is 6.31. The summed E-state index contributed by atoms with van der Waals surface area (Å²) in [6, 6.07) is 3.54. The van der Waals surface area contributed by atoms with Gasteiger partial charge >= 0.3 is 0 Å². The van der Waals surface area contributed by atoms with Crippen molar-refractivity contribution in [3.63, 3.8) is 0 Å². The molecule has 2 bridgehead atoms. The van der Waals surface area contributed by atoms with Crippen molar-refractivity contribution in [2.75, 3.05) is 0 Å². The van der Waals surface area contributed by atoms with E-state index in [9.17, 15) is 9.18 Å². The lowest BCUT2D eigenvalue weighted by molar-refractivity contribution is -0.124. The lowest BCUT2D eigenvalue weighted by Crippen LogP contribution is -2.50. The molecule has 1 aliphatic carbocycles. The maximum atomic E-state index is 13.6. The minimum atomic E-state index is -0.828. The molecule has 1 saturated carbocycles. The largest absolute Gasteiger partial charge is 0.351 e. The monoisotopic (exact) mass is 249 g/mol. The Hall–Kier alpha value is -1.49. The normalized spacial score (nSPS) is 33.6. The standard InChI is InChI=1S/C13H16FN3O/c14-11-5-9-4-10(11)12(17-9)13(18)16-7-8-2-1-3-15-6-8/h1-3,6,9-12,17H,4-5,7H2,(H,16,18)/t9?,10?,11-,12-/m1/s1. The van der Waals surface area contributed by atoms with E-state index >= 15 is 0 Å². The van der Waals surface area contributed by atoms with E-state index in [-0.39, 0.29) is 23.9 Å². The highest BCUT2D eigenvalue weighted by atomic mass is 19.1. The quantitative estimate of drug-likeness (QED) is 0.832. The predicted molar refractivity (Wildman–Crippen MR) is 64.4 cm³/mol. The molecule has 1 saturated heterocycles. The van der Waals surface area contributed by atoms with Crippen molar-refractivity contribution in [3.05, 3.63) is 30.1 Å². The Kier molecular flexibility index (Phi) is 2.99. The predicted octanol–water partition coefficient (Wildman–Crippen LogP) is 0.786. The summed E-state index contributed by atoms with van der Waals surface area (Å²) in [6.07, 6.45) is 3.91. The smallest absolute Gasteiger partial charge is 0.237 e. The zero-order valence-corrected chi connectivity index (χ0v) is 9.97. The molecular formula is C13H16FN3O. The summed E-state index contributed by atoms with van der Waals surface area (Å²) in [6.45, 7) is 0.444. The Morgan fingerprint density at radius 3 is 3.11 bits per heavy atom. The van der Waals surface area contributed by atoms with E-state index < -0.39 is 6.17 Å². The third kappa shape index (κ3) is 2.10. The van der Waals surface area contributed by atoms with Gasteiger partial charge in [0.1, 0.15) is 6.17 Å². The molecular weight excluding hydrogens is 233 g/mol. The number of alkyl halides is 1. The summed E-state index contributed by atoms with van der Waals surface area (Å²) in [7, 11) is 0. The Labute approximate surface area is 105 Å². The van der Waals surface area contributed by atoms with Crippen molar-refractivity contribution < 1.29 is 9.18 Å². The molecule has 5 heteroatoms. The average molecular weight is 249 g/mol. The first-order valence-corrected chi connectivity index (χ1v) is 6.31. The molecule has 96 valence electrons. The molecule has 0 radical (unpaired) electrons. The third-order valence-electron chi connectivity index (χ3n) is 3.85. The van der Waals surface area contributed by atoms with Crippen LogP contribution >= 0.6 is 0 Å². The number of rotatable bonds is 3. The van der Waals surface area contributed by atoms with Gasteiger partial charge in [-0.2, -0.15) is 0 Å². The van der Waals surface area contributed by atoms with E-state index in [0.29, 0.717) is 13.0 Å². The minimum Gasteiger partial charge on any atom is -0.351 e. The summed E-state index contributed by atoms with van der Waals surface area (Å²) in [5, 5.41) is 6.03. The zero-order valence-electron chi connectivity index (χ0n) is 9.97. The summed E-state index contributed by atoms with van der Waals surface area (Å²) < 4.78 is 13.6. The highest BCUT2D eigenvalue weighted by molar-refractivity contribution is 5.82. The summed E-state index contributed by atoms with van der Waals surface area (Å²) in [4.78, 5) is 16.0. The van der Waals surface area contributed by atoms with Crippen LogP contribution in [0.4, 0.5) is 4.39 Å². The molecule has 1 aromatic heterocycles. The van der Waals surface area contributed by atoms with Gasteiger partial charge in [0.2, 0.25) is 5.91 Å². The van der Waals surface area contributed by atoms with Crippen molar-refractivity contribution in [1.82, 2.24) is 15.6 Å². The van der Waals surface area contributed by atoms with E-state index in [1.54, 1.807) is 12.4 Å². The van der Waals surface area contributed by atoms with E-state index in [1.807, 2.05) is 12.1 Å². The molecule has 1 amide bonds. The number of aromatic nitrogens is 1. The van der Waals surface area contributed by atoms with Gasteiger partial charge in [0.05, 0.1) is 6.04 Å². The maximum Gasteiger partial charge on any atom is 0.237 e. The van der Waals surface area contributed by atoms with Gasteiger partial charge in [0.15, 0.2) is 0 Å². The van der Waals surface area contributed by atoms with Crippen LogP contribution in [-0.2, 0) is 11.3 Å². The third-order valence-corrected chi connectivity index (χ3v) is 3.85. The zero-order chi connectivity index (χ0) is 12.5. The molecule has 2 N–H and O–H groups in total. The van der Waals surface area contributed by atoms with Crippen molar-refractivity contribution in [3.8, 4) is 0 Å². The average Bonchev–Trinajstić information content (AvgIpc) is 2.96. The number of nitrogens with one attached hydrogen (secondary N) is 2. The fourth-order valence-corrected chi connectivity index (χ4v) is 2.95. The van der Waals surface area contributed by atoms with E-state index in [2.05, 4.69) is 15.6 Å². The van der Waals surface area contributed by atoms with Crippen molar-refractivity contribution in [1.29, 1.82) is 0 Å². The lowest BCUT2D eigenvalue weighted by atomic mass is 9.97. The van der Waals surface area contributed by atoms with Crippen LogP contribution < -0.4 is 10.6 Å². The second-order valence-corrected chi connectivity index (χ2v) is 5.07. The number of piperidine rings is 1. The molecule has 0 aromatic carbocycles. The lowest BCUT2D eigenvalue weighted by Gasteiger charge is -2.25. The molecule has 1 aliphatic heterocycles. The topological polar surface area (TPSA) is 54.0 Å². The van der Waals surface area contributed by atoms with Crippen molar-refractivity contribution in [2.45, 2.75) is 37.6 Å². The van der Waals surface area contributed by atoms with Gasteiger partial charge < -0.3 is 10.6 Å². The van der Waals surface area contributed by atoms with Crippen LogP contribution in [0.25, 0.3) is 0 Å². The molecule has 2 fully saturated rings. The van der Waals surface area contributed by atoms with Crippen LogP contribution in [-0.4, -0.2) is 29.1 Å². The molecule has 2 heterocycles. The van der Waals surface area contributed by atoms with Gasteiger partial charge in [-0.1, -0.05) is 6.07 Å². The van der Waals surface area contributed by atoms with E-state index in [4.69, 9.17) is 0 Å². The van der Waals surface area contributed by atoms with Crippen LogP contribution in [0.1, 0.15) is 18.4 Å². The second-order valence-electron chi connectivity index (χ2n) is 5.07. The van der Waals surface area contributed by atoms with Gasteiger partial charge in [0, 0.05) is 30.9 Å².